The number of hydrogen-bond donors (Lipinski definition) is 0. The highest BCUT2D eigenvalue weighted by atomic mass is 16.5. The summed E-state index contributed by atoms with van der Waals surface area (Å²) in [5.41, 5.74) is 1.07. The van der Waals surface area contributed by atoms with Gasteiger partial charge in [-0.1, -0.05) is 18.2 Å². The molecule has 2 rings (SSSR count). The summed E-state index contributed by atoms with van der Waals surface area (Å²) >= 11 is 0. The van der Waals surface area contributed by atoms with Crippen LogP contribution in [-0.2, 0) is 4.74 Å². The van der Waals surface area contributed by atoms with Crippen LogP contribution < -0.4 is 4.90 Å². The van der Waals surface area contributed by atoms with Crippen molar-refractivity contribution in [1.82, 2.24) is 9.97 Å². The first-order valence-electron chi connectivity index (χ1n) is 5.50. The van der Waals surface area contributed by atoms with Crippen molar-refractivity contribution >= 4 is 11.6 Å². The van der Waals surface area contributed by atoms with Crippen molar-refractivity contribution in [1.29, 1.82) is 0 Å². The van der Waals surface area contributed by atoms with Gasteiger partial charge in [0.05, 0.1) is 6.61 Å². The molecule has 88 valence electrons. The molecule has 4 heteroatoms. The Morgan fingerprint density at radius 1 is 1.06 bits per heavy atom. The normalized spacial score (nSPS) is 10.2. The minimum absolute atomic E-state index is 0.632. The average molecular weight is 229 g/mol. The Morgan fingerprint density at radius 3 is 2.41 bits per heavy atom. The predicted octanol–water partition coefficient (Wildman–Crippen LogP) is 2.26. The molecule has 1 aromatic heterocycles. The Morgan fingerprint density at radius 2 is 1.76 bits per heavy atom. The fourth-order valence-corrected chi connectivity index (χ4v) is 1.57. The molecular weight excluding hydrogens is 214 g/mol. The van der Waals surface area contributed by atoms with E-state index in [1.807, 2.05) is 41.3 Å². The second-order valence-electron chi connectivity index (χ2n) is 3.53. The van der Waals surface area contributed by atoms with E-state index in [1.54, 1.807) is 19.5 Å². The molecule has 0 N–H and O–H groups in total. The number of methoxy groups -OCH3 is 1. The lowest BCUT2D eigenvalue weighted by Gasteiger charge is -2.21. The van der Waals surface area contributed by atoms with Crippen LogP contribution in [0.15, 0.2) is 48.8 Å². The molecule has 1 aromatic carbocycles. The van der Waals surface area contributed by atoms with Gasteiger partial charge in [0.25, 0.3) is 0 Å². The lowest BCUT2D eigenvalue weighted by molar-refractivity contribution is 0.207. The van der Waals surface area contributed by atoms with Gasteiger partial charge in [-0.05, 0) is 18.2 Å². The van der Waals surface area contributed by atoms with E-state index in [0.29, 0.717) is 12.6 Å². The molecule has 0 amide bonds. The number of rotatable bonds is 5. The fourth-order valence-electron chi connectivity index (χ4n) is 1.57. The summed E-state index contributed by atoms with van der Waals surface area (Å²) in [5.74, 6) is 0.691. The van der Waals surface area contributed by atoms with E-state index < -0.39 is 0 Å². The smallest absolute Gasteiger partial charge is 0.229 e. The Balaban J connectivity index is 2.26. The van der Waals surface area contributed by atoms with Crippen LogP contribution in [0.5, 0.6) is 0 Å². The molecule has 2 aromatic rings. The first kappa shape index (κ1) is 11.5. The van der Waals surface area contributed by atoms with Crippen LogP contribution >= 0.6 is 0 Å². The van der Waals surface area contributed by atoms with Gasteiger partial charge in [0, 0.05) is 31.7 Å². The van der Waals surface area contributed by atoms with Crippen LogP contribution in [0.4, 0.5) is 11.6 Å². The number of nitrogens with zero attached hydrogens (tertiary/aromatic N) is 3. The van der Waals surface area contributed by atoms with Gasteiger partial charge in [-0.2, -0.15) is 0 Å². The summed E-state index contributed by atoms with van der Waals surface area (Å²) in [5, 5.41) is 0. The molecule has 0 aliphatic rings. The summed E-state index contributed by atoms with van der Waals surface area (Å²) in [7, 11) is 1.69. The highest BCUT2D eigenvalue weighted by Gasteiger charge is 2.10. The first-order chi connectivity index (χ1) is 8.42. The zero-order chi connectivity index (χ0) is 11.9. The maximum Gasteiger partial charge on any atom is 0.229 e. The topological polar surface area (TPSA) is 38.2 Å². The summed E-state index contributed by atoms with van der Waals surface area (Å²) in [6.07, 6.45) is 3.48. The molecule has 0 fully saturated rings. The van der Waals surface area contributed by atoms with Gasteiger partial charge < -0.3 is 9.64 Å². The SMILES string of the molecule is COCCN(c1ccccc1)c1ncccn1. The summed E-state index contributed by atoms with van der Waals surface area (Å²) < 4.78 is 5.12. The fraction of sp³-hybridized carbons (Fsp3) is 0.231. The minimum Gasteiger partial charge on any atom is -0.383 e. The number of aromatic nitrogens is 2. The van der Waals surface area contributed by atoms with Crippen molar-refractivity contribution in [3.63, 3.8) is 0 Å². The Kier molecular flexibility index (Phi) is 4.05. The highest BCUT2D eigenvalue weighted by Crippen LogP contribution is 2.20. The number of benzene rings is 1. The lowest BCUT2D eigenvalue weighted by Crippen LogP contribution is -2.23. The molecule has 0 bridgehead atoms. The van der Waals surface area contributed by atoms with Gasteiger partial charge in [-0.15, -0.1) is 0 Å². The Hall–Kier alpha value is -1.94. The maximum absolute atomic E-state index is 5.12. The van der Waals surface area contributed by atoms with E-state index in [4.69, 9.17) is 4.74 Å². The van der Waals surface area contributed by atoms with Crippen molar-refractivity contribution in [2.75, 3.05) is 25.2 Å². The first-order valence-corrected chi connectivity index (χ1v) is 5.50. The molecular formula is C13H15N3O. The molecule has 0 aliphatic heterocycles. The van der Waals surface area contributed by atoms with Crippen molar-refractivity contribution in [2.45, 2.75) is 0 Å². The number of anilines is 2. The quantitative estimate of drug-likeness (QED) is 0.788. The number of hydrogen-bond acceptors (Lipinski definition) is 4. The van der Waals surface area contributed by atoms with E-state index >= 15 is 0 Å². The standard InChI is InChI=1S/C13H15N3O/c1-17-11-10-16(12-6-3-2-4-7-12)13-14-8-5-9-15-13/h2-9H,10-11H2,1H3. The number of para-hydroxylation sites is 1. The van der Waals surface area contributed by atoms with Gasteiger partial charge in [0.15, 0.2) is 0 Å². The van der Waals surface area contributed by atoms with Crippen LogP contribution in [0.25, 0.3) is 0 Å². The molecule has 0 saturated carbocycles. The third-order valence-corrected chi connectivity index (χ3v) is 2.38. The lowest BCUT2D eigenvalue weighted by atomic mass is 10.3. The van der Waals surface area contributed by atoms with Gasteiger partial charge in [0.2, 0.25) is 5.95 Å². The average Bonchev–Trinajstić information content (AvgIpc) is 2.42. The summed E-state index contributed by atoms with van der Waals surface area (Å²) in [6, 6.07) is 11.9. The van der Waals surface area contributed by atoms with Crippen molar-refractivity contribution < 1.29 is 4.74 Å². The monoisotopic (exact) mass is 229 g/mol. The van der Waals surface area contributed by atoms with E-state index in [1.165, 1.54) is 0 Å². The zero-order valence-electron chi connectivity index (χ0n) is 9.78. The molecule has 1 heterocycles. The molecule has 17 heavy (non-hydrogen) atoms. The third-order valence-electron chi connectivity index (χ3n) is 2.38. The Labute approximate surface area is 101 Å². The second-order valence-corrected chi connectivity index (χ2v) is 3.53. The van der Waals surface area contributed by atoms with Crippen molar-refractivity contribution in [3.8, 4) is 0 Å². The van der Waals surface area contributed by atoms with Gasteiger partial charge >= 0.3 is 0 Å². The van der Waals surface area contributed by atoms with Gasteiger partial charge in [-0.3, -0.25) is 0 Å². The van der Waals surface area contributed by atoms with Crippen molar-refractivity contribution in [3.05, 3.63) is 48.8 Å². The van der Waals surface area contributed by atoms with E-state index in [-0.39, 0.29) is 0 Å². The summed E-state index contributed by atoms with van der Waals surface area (Å²) in [4.78, 5) is 10.6. The largest absolute Gasteiger partial charge is 0.383 e. The highest BCUT2D eigenvalue weighted by molar-refractivity contribution is 5.56. The number of ether oxygens (including phenoxy) is 1. The van der Waals surface area contributed by atoms with E-state index in [0.717, 1.165) is 12.2 Å². The van der Waals surface area contributed by atoms with Crippen LogP contribution in [0.2, 0.25) is 0 Å². The zero-order valence-corrected chi connectivity index (χ0v) is 9.78. The van der Waals surface area contributed by atoms with E-state index in [2.05, 4.69) is 9.97 Å². The molecule has 0 atom stereocenters. The maximum atomic E-state index is 5.12. The summed E-state index contributed by atoms with van der Waals surface area (Å²) in [6.45, 7) is 1.36. The van der Waals surface area contributed by atoms with Crippen LogP contribution in [0.1, 0.15) is 0 Å². The van der Waals surface area contributed by atoms with Crippen LogP contribution in [-0.4, -0.2) is 30.2 Å². The Bertz CT molecular complexity index is 393. The second kappa shape index (κ2) is 5.96. The third kappa shape index (κ3) is 3.01. The van der Waals surface area contributed by atoms with Gasteiger partial charge in [0.1, 0.15) is 0 Å². The molecule has 0 saturated heterocycles. The molecule has 0 aliphatic carbocycles. The molecule has 0 radical (unpaired) electrons. The van der Waals surface area contributed by atoms with Crippen molar-refractivity contribution in [2.24, 2.45) is 0 Å². The molecule has 0 spiro atoms. The minimum atomic E-state index is 0.632. The van der Waals surface area contributed by atoms with Crippen LogP contribution in [0, 0.1) is 0 Å². The predicted molar refractivity (Wildman–Crippen MR) is 67.4 cm³/mol. The van der Waals surface area contributed by atoms with Crippen LogP contribution in [0.3, 0.4) is 0 Å². The molecule has 0 unspecified atom stereocenters. The molecule has 4 nitrogen and oxygen atoms in total. The van der Waals surface area contributed by atoms with Gasteiger partial charge in [-0.25, -0.2) is 9.97 Å². The van der Waals surface area contributed by atoms with E-state index in [9.17, 15) is 0 Å².